The molecule has 4 nitrogen and oxygen atoms in total. The Balaban J connectivity index is 1.51. The van der Waals surface area contributed by atoms with Gasteiger partial charge in [0, 0.05) is 0 Å². The predicted molar refractivity (Wildman–Crippen MR) is 129 cm³/mol. The topological polar surface area (TPSA) is 52.6 Å². The van der Waals surface area contributed by atoms with Gasteiger partial charge in [0.05, 0.1) is 11.8 Å². The summed E-state index contributed by atoms with van der Waals surface area (Å²) in [5.41, 5.74) is 4.96. The van der Waals surface area contributed by atoms with E-state index in [2.05, 4.69) is 27.7 Å². The molecule has 2 aromatic rings. The van der Waals surface area contributed by atoms with Crippen LogP contribution in [0.4, 0.5) is 0 Å². The van der Waals surface area contributed by atoms with Crippen molar-refractivity contribution < 1.29 is 19.1 Å². The fourth-order valence-corrected chi connectivity index (χ4v) is 6.02. The van der Waals surface area contributed by atoms with Gasteiger partial charge in [-0.2, -0.15) is 0 Å². The van der Waals surface area contributed by atoms with Crippen LogP contribution in [0.1, 0.15) is 69.2 Å². The maximum atomic E-state index is 13.3. The molecule has 4 rings (SSSR count). The second-order valence-electron chi connectivity index (χ2n) is 9.50. The van der Waals surface area contributed by atoms with Crippen molar-refractivity contribution in [1.29, 1.82) is 0 Å². The maximum Gasteiger partial charge on any atom is 0.315 e. The van der Waals surface area contributed by atoms with Gasteiger partial charge in [0.1, 0.15) is 11.5 Å². The Morgan fingerprint density at radius 3 is 1.42 bits per heavy atom. The van der Waals surface area contributed by atoms with Gasteiger partial charge < -0.3 is 9.47 Å². The lowest BCUT2D eigenvalue weighted by Gasteiger charge is -2.28. The lowest BCUT2D eigenvalue weighted by Crippen LogP contribution is -2.39. The van der Waals surface area contributed by atoms with Crippen LogP contribution in [0.2, 0.25) is 0 Å². The minimum atomic E-state index is -0.423. The van der Waals surface area contributed by atoms with Crippen LogP contribution in [-0.2, 0) is 35.3 Å². The number of benzene rings is 2. The Morgan fingerprint density at radius 1 is 0.667 bits per heavy atom. The van der Waals surface area contributed by atoms with Crippen molar-refractivity contribution in [1.82, 2.24) is 0 Å². The standard InChI is InChI=1S/C29H36O4/c1-5-18-11-13-24(16-20(18)7-3)32-28(30)26-22-9-10-23(15-22)27(26)29(31)33-25-14-12-19(6-2)21(8-4)17-25/h11-14,16-17,22-23,26-27H,5-10,15H2,1-4H3. The largest absolute Gasteiger partial charge is 0.426 e. The first-order valence-electron chi connectivity index (χ1n) is 12.7. The molecular weight excluding hydrogens is 412 g/mol. The first-order valence-corrected chi connectivity index (χ1v) is 12.7. The van der Waals surface area contributed by atoms with Crippen LogP contribution < -0.4 is 9.47 Å². The molecule has 4 unspecified atom stereocenters. The third kappa shape index (κ3) is 4.71. The first-order chi connectivity index (χ1) is 16.0. The third-order valence-electron chi connectivity index (χ3n) is 7.78. The van der Waals surface area contributed by atoms with Crippen molar-refractivity contribution >= 4 is 11.9 Å². The average molecular weight is 449 g/mol. The molecule has 2 fully saturated rings. The number of ether oxygens (including phenoxy) is 2. The second-order valence-corrected chi connectivity index (χ2v) is 9.50. The lowest BCUT2D eigenvalue weighted by atomic mass is 9.79. The highest BCUT2D eigenvalue weighted by Gasteiger charge is 2.55. The van der Waals surface area contributed by atoms with E-state index in [4.69, 9.17) is 9.47 Å². The van der Waals surface area contributed by atoms with Crippen LogP contribution in [0.15, 0.2) is 36.4 Å². The molecule has 0 aromatic heterocycles. The van der Waals surface area contributed by atoms with E-state index in [1.54, 1.807) is 0 Å². The van der Waals surface area contributed by atoms with Crippen LogP contribution >= 0.6 is 0 Å². The quantitative estimate of drug-likeness (QED) is 0.361. The fraction of sp³-hybridized carbons (Fsp3) is 0.517. The molecule has 0 radical (unpaired) electrons. The van der Waals surface area contributed by atoms with Gasteiger partial charge in [0.2, 0.25) is 0 Å². The minimum absolute atomic E-state index is 0.203. The Kier molecular flexibility index (Phi) is 7.21. The molecule has 2 saturated carbocycles. The lowest BCUT2D eigenvalue weighted by molar-refractivity contribution is -0.152. The van der Waals surface area contributed by atoms with Gasteiger partial charge in [-0.15, -0.1) is 0 Å². The number of carbonyl (C=O) groups excluding carboxylic acids is 2. The molecule has 2 bridgehead atoms. The summed E-state index contributed by atoms with van der Waals surface area (Å²) in [5, 5.41) is 0. The summed E-state index contributed by atoms with van der Waals surface area (Å²) < 4.78 is 11.7. The summed E-state index contributed by atoms with van der Waals surface area (Å²) >= 11 is 0. The zero-order chi connectivity index (χ0) is 23.5. The normalized spacial score (nSPS) is 23.5. The van der Waals surface area contributed by atoms with E-state index in [0.717, 1.165) is 44.9 Å². The molecule has 0 spiro atoms. The van der Waals surface area contributed by atoms with Crippen molar-refractivity contribution in [2.45, 2.75) is 72.6 Å². The number of rotatable bonds is 8. The van der Waals surface area contributed by atoms with E-state index in [-0.39, 0.29) is 23.8 Å². The molecule has 33 heavy (non-hydrogen) atoms. The molecule has 4 heteroatoms. The number of aryl methyl sites for hydroxylation is 4. The van der Waals surface area contributed by atoms with Crippen molar-refractivity contribution in [2.75, 3.05) is 0 Å². The summed E-state index contributed by atoms with van der Waals surface area (Å²) in [6, 6.07) is 11.8. The number of hydrogen-bond donors (Lipinski definition) is 0. The highest BCUT2D eigenvalue weighted by atomic mass is 16.5. The smallest absolute Gasteiger partial charge is 0.315 e. The molecule has 2 aliphatic rings. The van der Waals surface area contributed by atoms with Crippen LogP contribution in [0.5, 0.6) is 11.5 Å². The molecule has 176 valence electrons. The highest BCUT2D eigenvalue weighted by Crippen LogP contribution is 2.53. The Labute approximate surface area is 197 Å². The first kappa shape index (κ1) is 23.5. The number of carbonyl (C=O) groups is 2. The van der Waals surface area contributed by atoms with E-state index in [9.17, 15) is 9.59 Å². The maximum absolute atomic E-state index is 13.3. The second kappa shape index (κ2) is 10.1. The van der Waals surface area contributed by atoms with Gasteiger partial charge in [-0.3, -0.25) is 9.59 Å². The molecule has 2 aromatic carbocycles. The van der Waals surface area contributed by atoms with Crippen molar-refractivity contribution in [3.05, 3.63) is 58.7 Å². The fourth-order valence-electron chi connectivity index (χ4n) is 6.02. The van der Waals surface area contributed by atoms with Gasteiger partial charge in [-0.1, -0.05) is 39.8 Å². The summed E-state index contributed by atoms with van der Waals surface area (Å²) in [7, 11) is 0. The monoisotopic (exact) mass is 448 g/mol. The summed E-state index contributed by atoms with van der Waals surface area (Å²) in [4.78, 5) is 26.6. The Bertz CT molecular complexity index is 943. The van der Waals surface area contributed by atoms with E-state index < -0.39 is 11.8 Å². The van der Waals surface area contributed by atoms with Crippen molar-refractivity contribution in [3.63, 3.8) is 0 Å². The Morgan fingerprint density at radius 2 is 1.06 bits per heavy atom. The minimum Gasteiger partial charge on any atom is -0.426 e. The molecule has 4 atom stereocenters. The van der Waals surface area contributed by atoms with Crippen LogP contribution in [0.25, 0.3) is 0 Å². The summed E-state index contributed by atoms with van der Waals surface area (Å²) in [5.74, 6) is 0.138. The summed E-state index contributed by atoms with van der Waals surface area (Å²) in [6.45, 7) is 8.48. The van der Waals surface area contributed by atoms with Crippen LogP contribution in [-0.4, -0.2) is 11.9 Å². The SMILES string of the molecule is CCc1ccc(OC(=O)C2C3CCC(C3)C2C(=O)Oc2ccc(CC)c(CC)c2)cc1CC. The van der Waals surface area contributed by atoms with Crippen molar-refractivity contribution in [3.8, 4) is 11.5 Å². The molecular formula is C29H36O4. The van der Waals surface area contributed by atoms with Gasteiger partial charge in [-0.25, -0.2) is 0 Å². The van der Waals surface area contributed by atoms with Gasteiger partial charge >= 0.3 is 11.9 Å². The molecule has 0 amide bonds. The van der Waals surface area contributed by atoms with E-state index in [1.807, 2.05) is 36.4 Å². The van der Waals surface area contributed by atoms with Gasteiger partial charge in [-0.05, 0) is 103 Å². The van der Waals surface area contributed by atoms with Gasteiger partial charge in [0.25, 0.3) is 0 Å². The zero-order valence-corrected chi connectivity index (χ0v) is 20.4. The van der Waals surface area contributed by atoms with Crippen LogP contribution in [0, 0.1) is 23.7 Å². The average Bonchev–Trinajstić information content (AvgIpc) is 3.45. The molecule has 2 aliphatic carbocycles. The highest BCUT2D eigenvalue weighted by molar-refractivity contribution is 5.86. The van der Waals surface area contributed by atoms with E-state index in [0.29, 0.717) is 11.5 Å². The molecule has 0 N–H and O–H groups in total. The zero-order valence-electron chi connectivity index (χ0n) is 20.4. The Hall–Kier alpha value is -2.62. The molecule has 0 aliphatic heterocycles. The van der Waals surface area contributed by atoms with Crippen LogP contribution in [0.3, 0.4) is 0 Å². The summed E-state index contributed by atoms with van der Waals surface area (Å²) in [6.07, 6.45) is 6.57. The van der Waals surface area contributed by atoms with E-state index in [1.165, 1.54) is 22.3 Å². The van der Waals surface area contributed by atoms with Gasteiger partial charge in [0.15, 0.2) is 0 Å². The molecule has 0 saturated heterocycles. The predicted octanol–water partition coefficient (Wildman–Crippen LogP) is 6.11. The third-order valence-corrected chi connectivity index (χ3v) is 7.78. The molecule has 0 heterocycles. The number of hydrogen-bond acceptors (Lipinski definition) is 4. The number of esters is 2. The number of fused-ring (bicyclic) bond motifs is 2. The van der Waals surface area contributed by atoms with E-state index >= 15 is 0 Å². The van der Waals surface area contributed by atoms with Crippen molar-refractivity contribution in [2.24, 2.45) is 23.7 Å².